The Morgan fingerprint density at radius 1 is 1.10 bits per heavy atom. The molecule has 0 aliphatic carbocycles. The van der Waals surface area contributed by atoms with Crippen molar-refractivity contribution < 1.29 is 9.18 Å². The molecule has 0 unspecified atom stereocenters. The largest absolute Gasteiger partial charge is 0.358 e. The average molecular weight is 267 g/mol. The van der Waals surface area contributed by atoms with Crippen molar-refractivity contribution >= 4 is 16.7 Å². The van der Waals surface area contributed by atoms with Gasteiger partial charge in [-0.15, -0.1) is 0 Å². The lowest BCUT2D eigenvalue weighted by Crippen LogP contribution is -2.06. The first-order valence-corrected chi connectivity index (χ1v) is 6.50. The Kier molecular flexibility index (Phi) is 3.11. The second-order valence-corrected chi connectivity index (χ2v) is 4.86. The lowest BCUT2D eigenvalue weighted by atomic mass is 10.0. The van der Waals surface area contributed by atoms with Crippen LogP contribution in [0.25, 0.3) is 10.9 Å². The van der Waals surface area contributed by atoms with Crippen LogP contribution >= 0.6 is 0 Å². The number of hydrogen-bond acceptors (Lipinski definition) is 1. The molecule has 0 aliphatic rings. The van der Waals surface area contributed by atoms with Crippen molar-refractivity contribution in [1.29, 1.82) is 0 Å². The summed E-state index contributed by atoms with van der Waals surface area (Å²) in [6, 6.07) is 14.1. The number of rotatable bonds is 3. The number of nitrogens with one attached hydrogen (secondary N) is 1. The zero-order chi connectivity index (χ0) is 14.1. The first-order valence-electron chi connectivity index (χ1n) is 6.50. The second kappa shape index (κ2) is 4.93. The fourth-order valence-electron chi connectivity index (χ4n) is 2.54. The maximum atomic E-state index is 13.6. The minimum Gasteiger partial charge on any atom is -0.358 e. The highest BCUT2D eigenvalue weighted by molar-refractivity contribution is 6.09. The Bertz CT molecular complexity index is 789. The molecule has 2 aromatic carbocycles. The molecule has 0 amide bonds. The number of benzene rings is 2. The monoisotopic (exact) mass is 267 g/mol. The molecule has 0 saturated carbocycles. The van der Waals surface area contributed by atoms with Gasteiger partial charge in [-0.3, -0.25) is 4.79 Å². The molecule has 0 aliphatic heterocycles. The third-order valence-corrected chi connectivity index (χ3v) is 3.48. The van der Waals surface area contributed by atoms with Crippen LogP contribution in [0.3, 0.4) is 0 Å². The van der Waals surface area contributed by atoms with Gasteiger partial charge in [0.2, 0.25) is 0 Å². The minimum atomic E-state index is -0.335. The summed E-state index contributed by atoms with van der Waals surface area (Å²) in [5.74, 6) is -0.400. The molecule has 0 spiro atoms. The van der Waals surface area contributed by atoms with Crippen molar-refractivity contribution in [2.45, 2.75) is 13.3 Å². The van der Waals surface area contributed by atoms with Gasteiger partial charge in [0.15, 0.2) is 5.78 Å². The summed E-state index contributed by atoms with van der Waals surface area (Å²) in [4.78, 5) is 15.7. The standard InChI is InChI=1S/C17H14FNO/c1-11-17(13-7-3-5-9-15(13)19-11)16(20)10-12-6-2-4-8-14(12)18/h2-9,19H,10H2,1H3. The molecule has 0 atom stereocenters. The van der Waals surface area contributed by atoms with Crippen molar-refractivity contribution in [3.05, 3.63) is 71.2 Å². The zero-order valence-corrected chi connectivity index (χ0v) is 11.1. The molecule has 1 heterocycles. The number of fused-ring (bicyclic) bond motifs is 1. The molecule has 3 heteroatoms. The molecule has 20 heavy (non-hydrogen) atoms. The van der Waals surface area contributed by atoms with Crippen LogP contribution < -0.4 is 0 Å². The number of para-hydroxylation sites is 1. The number of H-pyrrole nitrogens is 1. The number of aromatic nitrogens is 1. The van der Waals surface area contributed by atoms with Crippen LogP contribution in [0, 0.1) is 12.7 Å². The summed E-state index contributed by atoms with van der Waals surface area (Å²) in [6.45, 7) is 1.87. The van der Waals surface area contributed by atoms with Crippen LogP contribution in [0.4, 0.5) is 4.39 Å². The topological polar surface area (TPSA) is 32.9 Å². The van der Waals surface area contributed by atoms with E-state index in [1.165, 1.54) is 6.07 Å². The quantitative estimate of drug-likeness (QED) is 0.714. The summed E-state index contributed by atoms with van der Waals surface area (Å²) >= 11 is 0. The fourth-order valence-corrected chi connectivity index (χ4v) is 2.54. The summed E-state index contributed by atoms with van der Waals surface area (Å²) in [6.07, 6.45) is 0.0787. The minimum absolute atomic E-state index is 0.0648. The van der Waals surface area contributed by atoms with E-state index in [4.69, 9.17) is 0 Å². The fraction of sp³-hybridized carbons (Fsp3) is 0.118. The second-order valence-electron chi connectivity index (χ2n) is 4.86. The number of Topliss-reactive ketones (excluding diaryl/α,β-unsaturated/α-hetero) is 1. The van der Waals surface area contributed by atoms with Gasteiger partial charge in [-0.05, 0) is 24.6 Å². The van der Waals surface area contributed by atoms with Crippen LogP contribution in [-0.2, 0) is 6.42 Å². The van der Waals surface area contributed by atoms with E-state index in [0.29, 0.717) is 11.1 Å². The molecule has 3 aromatic rings. The summed E-state index contributed by atoms with van der Waals surface area (Å²) in [5, 5.41) is 0.895. The molecule has 0 saturated heterocycles. The number of hydrogen-bond donors (Lipinski definition) is 1. The Morgan fingerprint density at radius 2 is 1.80 bits per heavy atom. The summed E-state index contributed by atoms with van der Waals surface area (Å²) in [5.41, 5.74) is 2.85. The van der Waals surface area contributed by atoms with Crippen LogP contribution in [-0.4, -0.2) is 10.8 Å². The number of ketones is 1. The smallest absolute Gasteiger partial charge is 0.169 e. The molecule has 0 radical (unpaired) electrons. The first kappa shape index (κ1) is 12.6. The number of aromatic amines is 1. The molecular weight excluding hydrogens is 253 g/mol. The third kappa shape index (κ3) is 2.11. The zero-order valence-electron chi connectivity index (χ0n) is 11.1. The van der Waals surface area contributed by atoms with E-state index in [-0.39, 0.29) is 18.0 Å². The van der Waals surface area contributed by atoms with Crippen LogP contribution in [0.1, 0.15) is 21.6 Å². The maximum absolute atomic E-state index is 13.6. The van der Waals surface area contributed by atoms with Crippen LogP contribution in [0.2, 0.25) is 0 Å². The van der Waals surface area contributed by atoms with E-state index in [9.17, 15) is 9.18 Å². The van der Waals surface area contributed by atoms with E-state index in [0.717, 1.165) is 16.6 Å². The summed E-state index contributed by atoms with van der Waals surface area (Å²) in [7, 11) is 0. The molecule has 0 bridgehead atoms. The van der Waals surface area contributed by atoms with Crippen LogP contribution in [0.15, 0.2) is 48.5 Å². The lowest BCUT2D eigenvalue weighted by Gasteiger charge is -2.03. The average Bonchev–Trinajstić information content (AvgIpc) is 2.77. The predicted molar refractivity (Wildman–Crippen MR) is 77.5 cm³/mol. The Hall–Kier alpha value is -2.42. The molecule has 2 nitrogen and oxygen atoms in total. The van der Waals surface area contributed by atoms with Gasteiger partial charge in [0.25, 0.3) is 0 Å². The number of halogens is 1. The SMILES string of the molecule is Cc1[nH]c2ccccc2c1C(=O)Cc1ccccc1F. The predicted octanol–water partition coefficient (Wildman–Crippen LogP) is 4.04. The normalized spacial score (nSPS) is 10.9. The van der Waals surface area contributed by atoms with E-state index < -0.39 is 0 Å². The molecule has 3 rings (SSSR count). The van der Waals surface area contributed by atoms with Crippen molar-refractivity contribution in [2.75, 3.05) is 0 Å². The Morgan fingerprint density at radius 3 is 2.60 bits per heavy atom. The maximum Gasteiger partial charge on any atom is 0.169 e. The molecular formula is C17H14FNO. The first-order chi connectivity index (χ1) is 9.66. The highest BCUT2D eigenvalue weighted by atomic mass is 19.1. The van der Waals surface area contributed by atoms with Gasteiger partial charge >= 0.3 is 0 Å². The molecule has 100 valence electrons. The Labute approximate surface area is 116 Å². The van der Waals surface area contributed by atoms with Gasteiger partial charge in [0.05, 0.1) is 0 Å². The molecule has 1 aromatic heterocycles. The highest BCUT2D eigenvalue weighted by Gasteiger charge is 2.17. The van der Waals surface area contributed by atoms with E-state index in [1.807, 2.05) is 31.2 Å². The van der Waals surface area contributed by atoms with E-state index in [2.05, 4.69) is 4.98 Å². The molecule has 1 N–H and O–H groups in total. The number of aryl methyl sites for hydroxylation is 1. The third-order valence-electron chi connectivity index (χ3n) is 3.48. The van der Waals surface area contributed by atoms with Gasteiger partial charge in [0, 0.05) is 28.6 Å². The van der Waals surface area contributed by atoms with Crippen molar-refractivity contribution in [1.82, 2.24) is 4.98 Å². The number of carbonyl (C=O) groups is 1. The van der Waals surface area contributed by atoms with Crippen molar-refractivity contribution in [2.24, 2.45) is 0 Å². The van der Waals surface area contributed by atoms with Crippen LogP contribution in [0.5, 0.6) is 0 Å². The number of carbonyl (C=O) groups excluding carboxylic acids is 1. The van der Waals surface area contributed by atoms with Crippen molar-refractivity contribution in [3.63, 3.8) is 0 Å². The summed E-state index contributed by atoms with van der Waals surface area (Å²) < 4.78 is 13.6. The van der Waals surface area contributed by atoms with E-state index in [1.54, 1.807) is 18.2 Å². The van der Waals surface area contributed by atoms with Gasteiger partial charge < -0.3 is 4.98 Å². The molecule has 0 fully saturated rings. The van der Waals surface area contributed by atoms with Gasteiger partial charge in [0.1, 0.15) is 5.82 Å². The Balaban J connectivity index is 2.01. The van der Waals surface area contributed by atoms with Gasteiger partial charge in [-0.25, -0.2) is 4.39 Å². The van der Waals surface area contributed by atoms with Gasteiger partial charge in [-0.1, -0.05) is 36.4 Å². The highest BCUT2D eigenvalue weighted by Crippen LogP contribution is 2.23. The van der Waals surface area contributed by atoms with Gasteiger partial charge in [-0.2, -0.15) is 0 Å². The lowest BCUT2D eigenvalue weighted by molar-refractivity contribution is 0.0993. The van der Waals surface area contributed by atoms with Crippen molar-refractivity contribution in [3.8, 4) is 0 Å². The van der Waals surface area contributed by atoms with E-state index >= 15 is 0 Å².